The van der Waals surface area contributed by atoms with Gasteiger partial charge in [0, 0.05) is 12.1 Å². The molecule has 0 aliphatic rings. The number of rotatable bonds is 3. The highest BCUT2D eigenvalue weighted by Gasteiger charge is 2.07. The van der Waals surface area contributed by atoms with E-state index in [9.17, 15) is 8.78 Å². The molecule has 17 heavy (non-hydrogen) atoms. The van der Waals surface area contributed by atoms with Crippen LogP contribution in [-0.2, 0) is 0 Å². The lowest BCUT2D eigenvalue weighted by atomic mass is 10.3. The summed E-state index contributed by atoms with van der Waals surface area (Å²) in [7, 11) is 0. The maximum Gasteiger partial charge on any atom is 0.224 e. The van der Waals surface area contributed by atoms with Crippen LogP contribution in [0.25, 0.3) is 0 Å². The highest BCUT2D eigenvalue weighted by molar-refractivity contribution is 5.37. The fourth-order valence-corrected chi connectivity index (χ4v) is 1.14. The predicted molar refractivity (Wildman–Crippen MR) is 56.3 cm³/mol. The van der Waals surface area contributed by atoms with Crippen molar-refractivity contribution < 1.29 is 13.5 Å². The second-order valence-electron chi connectivity index (χ2n) is 3.06. The Morgan fingerprint density at radius 2 is 2.00 bits per heavy atom. The molecule has 0 aliphatic carbocycles. The molecule has 3 N–H and O–H groups in total. The normalized spacial score (nSPS) is 10.1. The van der Waals surface area contributed by atoms with Gasteiger partial charge in [-0.1, -0.05) is 0 Å². The van der Waals surface area contributed by atoms with Gasteiger partial charge in [-0.2, -0.15) is 0 Å². The van der Waals surface area contributed by atoms with Crippen molar-refractivity contribution in [3.05, 3.63) is 42.2 Å². The number of anilines is 1. The average Bonchev–Trinajstić information content (AvgIpc) is 2.33. The van der Waals surface area contributed by atoms with Crippen molar-refractivity contribution in [2.45, 2.75) is 0 Å². The molecule has 5 nitrogen and oxygen atoms in total. The van der Waals surface area contributed by atoms with Crippen LogP contribution in [0.2, 0.25) is 0 Å². The summed E-state index contributed by atoms with van der Waals surface area (Å²) in [4.78, 5) is 7.51. The number of halogens is 2. The molecule has 0 bridgehead atoms. The van der Waals surface area contributed by atoms with Gasteiger partial charge in [-0.05, 0) is 12.1 Å². The lowest BCUT2D eigenvalue weighted by Crippen LogP contribution is -2.08. The molecule has 0 spiro atoms. The van der Waals surface area contributed by atoms with Crippen LogP contribution >= 0.6 is 0 Å². The molecule has 0 saturated carbocycles. The summed E-state index contributed by atoms with van der Waals surface area (Å²) in [6.07, 6.45) is 1.20. The molecule has 0 fully saturated rings. The summed E-state index contributed by atoms with van der Waals surface area (Å²) in [5.41, 5.74) is 2.29. The highest BCUT2D eigenvalue weighted by atomic mass is 19.1. The number of nitrogens with one attached hydrogen (secondary N) is 1. The van der Waals surface area contributed by atoms with Crippen LogP contribution in [0, 0.1) is 11.6 Å². The van der Waals surface area contributed by atoms with Gasteiger partial charge in [0.15, 0.2) is 11.6 Å². The molecule has 1 aromatic heterocycles. The van der Waals surface area contributed by atoms with E-state index in [1.54, 1.807) is 0 Å². The maximum absolute atomic E-state index is 13.3. The van der Waals surface area contributed by atoms with Gasteiger partial charge in [0.1, 0.15) is 18.0 Å². The quantitative estimate of drug-likeness (QED) is 0.630. The van der Waals surface area contributed by atoms with Crippen molar-refractivity contribution in [2.24, 2.45) is 5.84 Å². The molecule has 1 aromatic carbocycles. The Morgan fingerprint density at radius 3 is 2.71 bits per heavy atom. The molecule has 0 amide bonds. The second kappa shape index (κ2) is 4.71. The van der Waals surface area contributed by atoms with Crippen LogP contribution < -0.4 is 16.0 Å². The van der Waals surface area contributed by atoms with Gasteiger partial charge in [-0.25, -0.2) is 24.6 Å². The van der Waals surface area contributed by atoms with Crippen molar-refractivity contribution in [1.82, 2.24) is 9.97 Å². The first kappa shape index (κ1) is 11.2. The molecule has 0 unspecified atom stereocenters. The maximum atomic E-state index is 13.3. The Hall–Kier alpha value is -2.28. The van der Waals surface area contributed by atoms with E-state index in [-0.39, 0.29) is 11.6 Å². The second-order valence-corrected chi connectivity index (χ2v) is 3.06. The van der Waals surface area contributed by atoms with Gasteiger partial charge >= 0.3 is 0 Å². The molecule has 0 saturated heterocycles. The Morgan fingerprint density at radius 1 is 1.18 bits per heavy atom. The zero-order chi connectivity index (χ0) is 12.3. The smallest absolute Gasteiger partial charge is 0.224 e. The number of nitrogen functional groups attached to an aromatic ring is 1. The number of aromatic nitrogens is 2. The van der Waals surface area contributed by atoms with E-state index in [1.165, 1.54) is 18.5 Å². The topological polar surface area (TPSA) is 73.1 Å². The minimum absolute atomic E-state index is 0.0958. The molecule has 1 heterocycles. The van der Waals surface area contributed by atoms with E-state index >= 15 is 0 Å². The van der Waals surface area contributed by atoms with Gasteiger partial charge in [-0.15, -0.1) is 0 Å². The van der Waals surface area contributed by atoms with Crippen LogP contribution in [0.5, 0.6) is 11.6 Å². The minimum atomic E-state index is -0.814. The van der Waals surface area contributed by atoms with Crippen molar-refractivity contribution in [3.8, 4) is 11.6 Å². The summed E-state index contributed by atoms with van der Waals surface area (Å²) in [5, 5.41) is 0. The van der Waals surface area contributed by atoms with Crippen LogP contribution in [0.3, 0.4) is 0 Å². The monoisotopic (exact) mass is 238 g/mol. The minimum Gasteiger partial charge on any atom is -0.436 e. The Labute approximate surface area is 95.2 Å². The Kier molecular flexibility index (Phi) is 3.10. The number of benzene rings is 1. The van der Waals surface area contributed by atoms with Crippen LogP contribution in [-0.4, -0.2) is 9.97 Å². The summed E-state index contributed by atoms with van der Waals surface area (Å²) in [5.74, 6) is 3.93. The Bertz CT molecular complexity index is 535. The van der Waals surface area contributed by atoms with Gasteiger partial charge in [0.25, 0.3) is 0 Å². The van der Waals surface area contributed by atoms with E-state index in [1.807, 2.05) is 0 Å². The fourth-order valence-electron chi connectivity index (χ4n) is 1.14. The first-order chi connectivity index (χ1) is 8.19. The molecular weight excluding hydrogens is 230 g/mol. The van der Waals surface area contributed by atoms with Crippen molar-refractivity contribution >= 4 is 5.82 Å². The van der Waals surface area contributed by atoms with Crippen LogP contribution in [0.4, 0.5) is 14.6 Å². The van der Waals surface area contributed by atoms with Crippen molar-refractivity contribution in [2.75, 3.05) is 5.43 Å². The molecule has 0 radical (unpaired) electrons. The summed E-state index contributed by atoms with van der Waals surface area (Å²) >= 11 is 0. The lowest BCUT2D eigenvalue weighted by molar-refractivity contribution is 0.423. The SMILES string of the molecule is NNc1cc(Oc2ccc(F)cc2F)ncn1. The summed E-state index contributed by atoms with van der Waals surface area (Å²) in [6.45, 7) is 0. The first-order valence-corrected chi connectivity index (χ1v) is 4.60. The zero-order valence-electron chi connectivity index (χ0n) is 8.52. The number of hydrogen-bond donors (Lipinski definition) is 2. The lowest BCUT2D eigenvalue weighted by Gasteiger charge is -2.06. The number of nitrogens with zero attached hydrogens (tertiary/aromatic N) is 2. The van der Waals surface area contributed by atoms with Gasteiger partial charge in [0.05, 0.1) is 0 Å². The van der Waals surface area contributed by atoms with Crippen molar-refractivity contribution in [3.63, 3.8) is 0 Å². The number of hydrazine groups is 1. The molecule has 0 aliphatic heterocycles. The third-order valence-corrected chi connectivity index (χ3v) is 1.90. The molecular formula is C10H8F2N4O. The predicted octanol–water partition coefficient (Wildman–Crippen LogP) is 1.83. The molecule has 0 atom stereocenters. The average molecular weight is 238 g/mol. The molecule has 88 valence electrons. The van der Waals surface area contributed by atoms with E-state index in [4.69, 9.17) is 10.6 Å². The number of hydrogen-bond acceptors (Lipinski definition) is 5. The van der Waals surface area contributed by atoms with Gasteiger partial charge in [0.2, 0.25) is 5.88 Å². The first-order valence-electron chi connectivity index (χ1n) is 4.60. The van der Waals surface area contributed by atoms with E-state index in [2.05, 4.69) is 15.4 Å². The molecule has 2 rings (SSSR count). The summed E-state index contributed by atoms with van der Waals surface area (Å²) < 4.78 is 31.0. The molecule has 7 heteroatoms. The largest absolute Gasteiger partial charge is 0.436 e. The zero-order valence-corrected chi connectivity index (χ0v) is 8.52. The van der Waals surface area contributed by atoms with E-state index in [0.717, 1.165) is 12.1 Å². The third-order valence-electron chi connectivity index (χ3n) is 1.90. The standard InChI is InChI=1S/C10H8F2N4O/c11-6-1-2-8(7(12)3-6)17-10-4-9(16-13)14-5-15-10/h1-5H,13H2,(H,14,15,16). The number of ether oxygens (including phenoxy) is 1. The molecule has 2 aromatic rings. The van der Waals surface area contributed by atoms with Crippen molar-refractivity contribution in [1.29, 1.82) is 0 Å². The third kappa shape index (κ3) is 2.64. The highest BCUT2D eigenvalue weighted by Crippen LogP contribution is 2.23. The summed E-state index contributed by atoms with van der Waals surface area (Å²) in [6, 6.07) is 4.35. The van der Waals surface area contributed by atoms with E-state index in [0.29, 0.717) is 5.82 Å². The van der Waals surface area contributed by atoms with Crippen LogP contribution in [0.1, 0.15) is 0 Å². The Balaban J connectivity index is 2.25. The van der Waals surface area contributed by atoms with Crippen LogP contribution in [0.15, 0.2) is 30.6 Å². The van der Waals surface area contributed by atoms with E-state index < -0.39 is 11.6 Å². The van der Waals surface area contributed by atoms with Gasteiger partial charge in [-0.3, -0.25) is 0 Å². The fraction of sp³-hybridized carbons (Fsp3) is 0. The number of nitrogens with two attached hydrogens (primary N) is 1. The van der Waals surface area contributed by atoms with Gasteiger partial charge < -0.3 is 10.2 Å².